The number of carbonyl (C=O) groups excluding carboxylic acids is 4. The van der Waals surface area contributed by atoms with Crippen molar-refractivity contribution >= 4 is 29.5 Å². The summed E-state index contributed by atoms with van der Waals surface area (Å²) in [4.78, 5) is 48.8. The number of benzene rings is 2. The first-order valence-electron chi connectivity index (χ1n) is 13.4. The number of rotatable bonds is 10. The molecule has 2 aromatic carbocycles. The normalized spacial score (nSPS) is 14.2. The molecule has 3 rings (SSSR count). The monoisotopic (exact) mass is 588 g/mol. The van der Waals surface area contributed by atoms with Crippen LogP contribution in [0.3, 0.4) is 0 Å². The van der Waals surface area contributed by atoms with Gasteiger partial charge >= 0.3 is 23.9 Å². The van der Waals surface area contributed by atoms with Gasteiger partial charge in [0.05, 0.1) is 5.92 Å². The van der Waals surface area contributed by atoms with Crippen LogP contribution in [0.15, 0.2) is 90.8 Å². The zero-order chi connectivity index (χ0) is 32.0. The Morgan fingerprint density at radius 1 is 0.791 bits per heavy atom. The van der Waals surface area contributed by atoms with E-state index in [1.165, 1.54) is 57.2 Å². The molecule has 9 heteroatoms. The molecule has 1 aliphatic carbocycles. The van der Waals surface area contributed by atoms with E-state index >= 15 is 4.39 Å². The summed E-state index contributed by atoms with van der Waals surface area (Å²) < 4.78 is 37.2. The van der Waals surface area contributed by atoms with Gasteiger partial charge in [-0.05, 0) is 61.7 Å². The molecule has 8 nitrogen and oxygen atoms in total. The van der Waals surface area contributed by atoms with Crippen LogP contribution in [-0.4, -0.2) is 30.0 Å². The molecule has 0 bridgehead atoms. The largest absolute Gasteiger partial charge is 0.450 e. The smallest absolute Gasteiger partial charge is 0.338 e. The molecule has 0 radical (unpaired) electrons. The van der Waals surface area contributed by atoms with Crippen molar-refractivity contribution in [3.8, 4) is 22.6 Å². The SMILES string of the molecule is C=C(C)C(=O)Oc1ccc(-c2ccc(C3=CCC(OC(=O)C(=C)C)C(OC(=O)C(C)C)=C3)cc2F)cc1OC(=O)C(=C)C. The zero-order valence-electron chi connectivity index (χ0n) is 24.7. The highest BCUT2D eigenvalue weighted by Gasteiger charge is 2.27. The summed E-state index contributed by atoms with van der Waals surface area (Å²) in [6.07, 6.45) is 2.63. The first-order valence-corrected chi connectivity index (χ1v) is 13.4. The minimum atomic E-state index is -0.849. The maximum absolute atomic E-state index is 15.5. The topological polar surface area (TPSA) is 105 Å². The number of hydrogen-bond donors (Lipinski definition) is 0. The van der Waals surface area contributed by atoms with Crippen molar-refractivity contribution in [1.29, 1.82) is 0 Å². The van der Waals surface area contributed by atoms with Crippen LogP contribution in [0, 0.1) is 11.7 Å². The molecule has 224 valence electrons. The molecule has 0 fully saturated rings. The van der Waals surface area contributed by atoms with E-state index < -0.39 is 41.7 Å². The predicted molar refractivity (Wildman–Crippen MR) is 159 cm³/mol. The van der Waals surface area contributed by atoms with E-state index in [0.717, 1.165) is 0 Å². The van der Waals surface area contributed by atoms with Gasteiger partial charge < -0.3 is 18.9 Å². The molecule has 0 aliphatic heterocycles. The molecule has 0 N–H and O–H groups in total. The van der Waals surface area contributed by atoms with E-state index in [1.54, 1.807) is 26.0 Å². The summed E-state index contributed by atoms with van der Waals surface area (Å²) in [7, 11) is 0. The fourth-order valence-corrected chi connectivity index (χ4v) is 3.66. The van der Waals surface area contributed by atoms with Crippen LogP contribution in [0.25, 0.3) is 16.7 Å². The van der Waals surface area contributed by atoms with E-state index in [0.29, 0.717) is 16.7 Å². The van der Waals surface area contributed by atoms with E-state index in [4.69, 9.17) is 18.9 Å². The lowest BCUT2D eigenvalue weighted by molar-refractivity contribution is -0.151. The molecule has 1 atom stereocenters. The van der Waals surface area contributed by atoms with Crippen LogP contribution in [0.4, 0.5) is 4.39 Å². The van der Waals surface area contributed by atoms with Gasteiger partial charge in [0.15, 0.2) is 17.6 Å². The van der Waals surface area contributed by atoms with Crippen molar-refractivity contribution in [3.05, 3.63) is 102 Å². The highest BCUT2D eigenvalue weighted by Crippen LogP contribution is 2.36. The Balaban J connectivity index is 1.97. The number of hydrogen-bond acceptors (Lipinski definition) is 8. The third-order valence-electron chi connectivity index (χ3n) is 6.11. The van der Waals surface area contributed by atoms with Gasteiger partial charge in [0.25, 0.3) is 0 Å². The highest BCUT2D eigenvalue weighted by molar-refractivity contribution is 5.91. The van der Waals surface area contributed by atoms with Crippen molar-refractivity contribution in [2.75, 3.05) is 0 Å². The van der Waals surface area contributed by atoms with Gasteiger partial charge in [0, 0.05) is 28.7 Å². The molecule has 0 aromatic heterocycles. The number of ether oxygens (including phenoxy) is 4. The predicted octanol–water partition coefficient (Wildman–Crippen LogP) is 6.81. The minimum Gasteiger partial charge on any atom is -0.450 e. The summed E-state index contributed by atoms with van der Waals surface area (Å²) in [5.41, 5.74) is 1.99. The van der Waals surface area contributed by atoms with Crippen molar-refractivity contribution in [2.24, 2.45) is 5.92 Å². The molecule has 0 saturated carbocycles. The Bertz CT molecular complexity index is 1590. The minimum absolute atomic E-state index is 0.0498. The number of allylic oxidation sites excluding steroid dienone is 2. The summed E-state index contributed by atoms with van der Waals surface area (Å²) in [5, 5.41) is 0. The summed E-state index contributed by atoms with van der Waals surface area (Å²) in [6.45, 7) is 18.5. The fourth-order valence-electron chi connectivity index (χ4n) is 3.66. The summed E-state index contributed by atoms with van der Waals surface area (Å²) in [5.74, 6) is -3.67. The Kier molecular flexibility index (Phi) is 10.4. The van der Waals surface area contributed by atoms with Gasteiger partial charge in [-0.25, -0.2) is 18.8 Å². The lowest BCUT2D eigenvalue weighted by atomic mass is 9.94. The van der Waals surface area contributed by atoms with Gasteiger partial charge in [0.2, 0.25) is 0 Å². The van der Waals surface area contributed by atoms with Crippen LogP contribution >= 0.6 is 0 Å². The summed E-state index contributed by atoms with van der Waals surface area (Å²) >= 11 is 0. The zero-order valence-corrected chi connectivity index (χ0v) is 24.7. The van der Waals surface area contributed by atoms with E-state index in [9.17, 15) is 19.2 Å². The number of esters is 4. The lowest BCUT2D eigenvalue weighted by Crippen LogP contribution is -2.26. The quantitative estimate of drug-likeness (QED) is 0.169. The van der Waals surface area contributed by atoms with E-state index in [1.807, 2.05) is 0 Å². The first kappa shape index (κ1) is 32.5. The number of carbonyl (C=O) groups is 4. The second-order valence-electron chi connectivity index (χ2n) is 10.4. The first-order chi connectivity index (χ1) is 20.2. The molecule has 0 amide bonds. The molecular weight excluding hydrogens is 555 g/mol. The second-order valence-corrected chi connectivity index (χ2v) is 10.4. The molecule has 1 aliphatic rings. The molecule has 2 aromatic rings. The van der Waals surface area contributed by atoms with Crippen molar-refractivity contribution < 1.29 is 42.5 Å². The maximum Gasteiger partial charge on any atom is 0.338 e. The van der Waals surface area contributed by atoms with Crippen molar-refractivity contribution in [1.82, 2.24) is 0 Å². The van der Waals surface area contributed by atoms with Gasteiger partial charge in [-0.15, -0.1) is 0 Å². The summed E-state index contributed by atoms with van der Waals surface area (Å²) in [6, 6.07) is 8.78. The van der Waals surface area contributed by atoms with Gasteiger partial charge in [-0.1, -0.05) is 57.9 Å². The van der Waals surface area contributed by atoms with Crippen molar-refractivity contribution in [3.63, 3.8) is 0 Å². The third kappa shape index (κ3) is 8.25. The number of halogens is 1. The average molecular weight is 589 g/mol. The van der Waals surface area contributed by atoms with Gasteiger partial charge in [-0.2, -0.15) is 0 Å². The molecule has 1 unspecified atom stereocenters. The molecule has 0 spiro atoms. The van der Waals surface area contributed by atoms with Crippen LogP contribution < -0.4 is 9.47 Å². The van der Waals surface area contributed by atoms with Gasteiger partial charge in [0.1, 0.15) is 11.6 Å². The lowest BCUT2D eigenvalue weighted by Gasteiger charge is -2.24. The maximum atomic E-state index is 15.5. The molecule has 43 heavy (non-hydrogen) atoms. The Hall–Kier alpha value is -5.05. The van der Waals surface area contributed by atoms with Crippen LogP contribution in [0.5, 0.6) is 11.5 Å². The Labute approximate surface area is 249 Å². The average Bonchev–Trinajstić information content (AvgIpc) is 2.94. The molecule has 0 saturated heterocycles. The van der Waals surface area contributed by atoms with Crippen molar-refractivity contribution in [2.45, 2.75) is 47.1 Å². The molecule has 0 heterocycles. The Morgan fingerprint density at radius 3 is 1.93 bits per heavy atom. The van der Waals surface area contributed by atoms with Crippen LogP contribution in [0.1, 0.15) is 46.6 Å². The Morgan fingerprint density at radius 2 is 1.37 bits per heavy atom. The molecular formula is C34H33FO8. The van der Waals surface area contributed by atoms with Crippen LogP contribution in [0.2, 0.25) is 0 Å². The fraction of sp³-hybridized carbons (Fsp3) is 0.235. The standard InChI is InChI=1S/C34H33FO8/c1-18(2)31(36)40-27-13-10-23(16-29(27)42-33(38)20(5)6)22-9-12-25(26(35)15-22)24-11-14-28(41-32(37)19(3)4)30(17-24)43-34(39)21(7)8/h9-12,14-17,20,27H,1,3,7,13H2,2,4-6,8H3. The van der Waals surface area contributed by atoms with E-state index in [2.05, 4.69) is 19.7 Å². The highest BCUT2D eigenvalue weighted by atomic mass is 19.1. The second kappa shape index (κ2) is 13.7. The van der Waals surface area contributed by atoms with E-state index in [-0.39, 0.29) is 46.0 Å². The van der Waals surface area contributed by atoms with Gasteiger partial charge in [-0.3, -0.25) is 4.79 Å². The van der Waals surface area contributed by atoms with Crippen LogP contribution in [-0.2, 0) is 28.7 Å². The third-order valence-corrected chi connectivity index (χ3v) is 6.11.